The van der Waals surface area contributed by atoms with E-state index in [2.05, 4.69) is 19.2 Å². The standard InChI is InChI=1S/C17H27NO3/c1-12(2)9-15(19)11-18-17(20)13(3)10-14-5-7-16(21-4)8-6-14/h5-8,12-13,15,19H,9-11H2,1-4H3,(H,18,20). The topological polar surface area (TPSA) is 58.6 Å². The van der Waals surface area contributed by atoms with E-state index in [9.17, 15) is 9.90 Å². The van der Waals surface area contributed by atoms with Crippen LogP contribution in [0.4, 0.5) is 0 Å². The summed E-state index contributed by atoms with van der Waals surface area (Å²) in [5.74, 6) is 1.10. The third kappa shape index (κ3) is 6.63. The Bertz CT molecular complexity index is 428. The highest BCUT2D eigenvalue weighted by Crippen LogP contribution is 2.14. The van der Waals surface area contributed by atoms with E-state index in [1.165, 1.54) is 0 Å². The average Bonchev–Trinajstić information content (AvgIpc) is 2.44. The fourth-order valence-corrected chi connectivity index (χ4v) is 2.23. The van der Waals surface area contributed by atoms with Crippen LogP contribution in [0.25, 0.3) is 0 Å². The largest absolute Gasteiger partial charge is 0.497 e. The van der Waals surface area contributed by atoms with Gasteiger partial charge in [-0.3, -0.25) is 4.79 Å². The van der Waals surface area contributed by atoms with Gasteiger partial charge in [-0.15, -0.1) is 0 Å². The van der Waals surface area contributed by atoms with Crippen LogP contribution in [0.5, 0.6) is 5.75 Å². The minimum atomic E-state index is -0.470. The molecular weight excluding hydrogens is 266 g/mol. The highest BCUT2D eigenvalue weighted by molar-refractivity contribution is 5.78. The highest BCUT2D eigenvalue weighted by atomic mass is 16.5. The van der Waals surface area contributed by atoms with Crippen molar-refractivity contribution in [2.45, 2.75) is 39.7 Å². The van der Waals surface area contributed by atoms with Crippen molar-refractivity contribution in [2.24, 2.45) is 11.8 Å². The number of aliphatic hydroxyl groups excluding tert-OH is 1. The van der Waals surface area contributed by atoms with Gasteiger partial charge in [0.1, 0.15) is 5.75 Å². The number of methoxy groups -OCH3 is 1. The second-order valence-electron chi connectivity index (χ2n) is 5.98. The Morgan fingerprint density at radius 2 is 1.86 bits per heavy atom. The van der Waals surface area contributed by atoms with Crippen LogP contribution in [0.1, 0.15) is 32.8 Å². The van der Waals surface area contributed by atoms with E-state index in [4.69, 9.17) is 4.74 Å². The van der Waals surface area contributed by atoms with Crippen LogP contribution in [0.3, 0.4) is 0 Å². The van der Waals surface area contributed by atoms with Crippen LogP contribution < -0.4 is 10.1 Å². The van der Waals surface area contributed by atoms with Gasteiger partial charge in [0, 0.05) is 12.5 Å². The fourth-order valence-electron chi connectivity index (χ4n) is 2.23. The maximum atomic E-state index is 12.0. The first-order chi connectivity index (χ1) is 9.92. The van der Waals surface area contributed by atoms with Crippen LogP contribution >= 0.6 is 0 Å². The van der Waals surface area contributed by atoms with E-state index in [1.54, 1.807) is 7.11 Å². The van der Waals surface area contributed by atoms with Gasteiger partial charge in [-0.1, -0.05) is 32.9 Å². The Balaban J connectivity index is 2.39. The molecule has 21 heavy (non-hydrogen) atoms. The van der Waals surface area contributed by atoms with Gasteiger partial charge in [-0.2, -0.15) is 0 Å². The minimum absolute atomic E-state index is 0.0198. The first-order valence-corrected chi connectivity index (χ1v) is 7.51. The van der Waals surface area contributed by atoms with Gasteiger partial charge >= 0.3 is 0 Å². The summed E-state index contributed by atoms with van der Waals surface area (Å²) in [4.78, 5) is 12.0. The number of hydrogen-bond donors (Lipinski definition) is 2. The number of ether oxygens (including phenoxy) is 1. The zero-order chi connectivity index (χ0) is 15.8. The van der Waals surface area contributed by atoms with E-state index in [0.717, 1.165) is 11.3 Å². The average molecular weight is 293 g/mol. The molecule has 0 radical (unpaired) electrons. The van der Waals surface area contributed by atoms with Crippen LogP contribution in [0.15, 0.2) is 24.3 Å². The second-order valence-corrected chi connectivity index (χ2v) is 5.98. The predicted molar refractivity (Wildman–Crippen MR) is 84.3 cm³/mol. The molecule has 2 N–H and O–H groups in total. The Hall–Kier alpha value is -1.55. The maximum Gasteiger partial charge on any atom is 0.223 e. The van der Waals surface area contributed by atoms with Crippen LogP contribution in [-0.2, 0) is 11.2 Å². The summed E-state index contributed by atoms with van der Waals surface area (Å²) < 4.78 is 5.11. The third-order valence-electron chi connectivity index (χ3n) is 3.40. The number of amides is 1. The lowest BCUT2D eigenvalue weighted by atomic mass is 10.00. The zero-order valence-corrected chi connectivity index (χ0v) is 13.4. The highest BCUT2D eigenvalue weighted by Gasteiger charge is 2.15. The molecule has 0 bridgehead atoms. The molecule has 0 aromatic heterocycles. The molecule has 1 amide bonds. The summed E-state index contributed by atoms with van der Waals surface area (Å²) in [5.41, 5.74) is 1.10. The Morgan fingerprint density at radius 3 is 2.38 bits per heavy atom. The van der Waals surface area contributed by atoms with Gasteiger partial charge in [0.2, 0.25) is 5.91 Å². The zero-order valence-electron chi connectivity index (χ0n) is 13.4. The molecule has 0 aliphatic rings. The summed E-state index contributed by atoms with van der Waals surface area (Å²) in [6.07, 6.45) is 0.908. The van der Waals surface area contributed by atoms with E-state index in [0.29, 0.717) is 25.3 Å². The lowest BCUT2D eigenvalue weighted by Crippen LogP contribution is -2.36. The SMILES string of the molecule is COc1ccc(CC(C)C(=O)NCC(O)CC(C)C)cc1. The van der Waals surface area contributed by atoms with E-state index >= 15 is 0 Å². The number of hydrogen-bond acceptors (Lipinski definition) is 3. The van der Waals surface area contributed by atoms with Crippen molar-refractivity contribution in [3.05, 3.63) is 29.8 Å². The number of carbonyl (C=O) groups excluding carboxylic acids is 1. The van der Waals surface area contributed by atoms with Gasteiger partial charge in [-0.05, 0) is 36.5 Å². The third-order valence-corrected chi connectivity index (χ3v) is 3.40. The molecule has 1 rings (SSSR count). The monoisotopic (exact) mass is 293 g/mol. The quantitative estimate of drug-likeness (QED) is 0.774. The molecule has 0 saturated carbocycles. The van der Waals surface area contributed by atoms with Crippen LogP contribution in [0.2, 0.25) is 0 Å². The smallest absolute Gasteiger partial charge is 0.223 e. The van der Waals surface area contributed by atoms with Gasteiger partial charge in [0.15, 0.2) is 0 Å². The normalized spacial score (nSPS) is 13.8. The van der Waals surface area contributed by atoms with Crippen molar-refractivity contribution >= 4 is 5.91 Å². The first-order valence-electron chi connectivity index (χ1n) is 7.51. The number of carbonyl (C=O) groups is 1. The van der Waals surface area contributed by atoms with Gasteiger partial charge < -0.3 is 15.2 Å². The summed E-state index contributed by atoms with van der Waals surface area (Å²) in [6, 6.07) is 7.73. The van der Waals surface area contributed by atoms with Crippen molar-refractivity contribution in [3.63, 3.8) is 0 Å². The van der Waals surface area contributed by atoms with Crippen molar-refractivity contribution in [2.75, 3.05) is 13.7 Å². The van der Waals surface area contributed by atoms with E-state index in [-0.39, 0.29) is 11.8 Å². The number of nitrogens with one attached hydrogen (secondary N) is 1. The maximum absolute atomic E-state index is 12.0. The van der Waals surface area contributed by atoms with Gasteiger partial charge in [0.25, 0.3) is 0 Å². The molecule has 0 fully saturated rings. The van der Waals surface area contributed by atoms with Crippen molar-refractivity contribution in [1.82, 2.24) is 5.32 Å². The molecule has 0 heterocycles. The number of rotatable bonds is 8. The molecule has 0 aliphatic carbocycles. The molecule has 4 nitrogen and oxygen atoms in total. The lowest BCUT2D eigenvalue weighted by molar-refractivity contribution is -0.125. The Labute approximate surface area is 127 Å². The molecule has 2 atom stereocenters. The van der Waals surface area contributed by atoms with Crippen molar-refractivity contribution in [3.8, 4) is 5.75 Å². The predicted octanol–water partition coefficient (Wildman–Crippen LogP) is 2.40. The van der Waals surface area contributed by atoms with Crippen molar-refractivity contribution in [1.29, 1.82) is 0 Å². The van der Waals surface area contributed by atoms with Crippen LogP contribution in [-0.4, -0.2) is 30.8 Å². The Morgan fingerprint density at radius 1 is 1.24 bits per heavy atom. The summed E-state index contributed by atoms with van der Waals surface area (Å²) >= 11 is 0. The summed E-state index contributed by atoms with van der Waals surface area (Å²) in [5, 5.41) is 12.6. The molecule has 1 aromatic rings. The first kappa shape index (κ1) is 17.5. The fraction of sp³-hybridized carbons (Fsp3) is 0.588. The van der Waals surface area contributed by atoms with Crippen LogP contribution in [0, 0.1) is 11.8 Å². The molecular formula is C17H27NO3. The number of benzene rings is 1. The molecule has 2 unspecified atom stereocenters. The molecule has 118 valence electrons. The van der Waals surface area contributed by atoms with Gasteiger partial charge in [-0.25, -0.2) is 0 Å². The van der Waals surface area contributed by atoms with Gasteiger partial charge in [0.05, 0.1) is 13.2 Å². The molecule has 0 saturated heterocycles. The number of aliphatic hydroxyl groups is 1. The molecule has 4 heteroatoms. The summed E-state index contributed by atoms with van der Waals surface area (Å²) in [7, 11) is 1.63. The van der Waals surface area contributed by atoms with Crippen molar-refractivity contribution < 1.29 is 14.6 Å². The Kier molecular flexibility index (Phi) is 7.23. The lowest BCUT2D eigenvalue weighted by Gasteiger charge is -2.16. The van der Waals surface area contributed by atoms with E-state index in [1.807, 2.05) is 31.2 Å². The molecule has 0 spiro atoms. The molecule has 1 aromatic carbocycles. The molecule has 0 aliphatic heterocycles. The summed E-state index contributed by atoms with van der Waals surface area (Å²) in [6.45, 7) is 6.33. The minimum Gasteiger partial charge on any atom is -0.497 e. The van der Waals surface area contributed by atoms with E-state index < -0.39 is 6.10 Å². The second kappa shape index (κ2) is 8.67.